The first-order valence-electron chi connectivity index (χ1n) is 6.09. The third kappa shape index (κ3) is 1.76. The Bertz CT molecular complexity index is 610. The molecular formula is C13H16N2O3. The van der Waals surface area contributed by atoms with E-state index in [0.29, 0.717) is 5.58 Å². The molecule has 0 spiro atoms. The van der Waals surface area contributed by atoms with Gasteiger partial charge >= 0.3 is 5.76 Å². The molecule has 5 nitrogen and oxygen atoms in total. The molecule has 2 aromatic rings. The predicted molar refractivity (Wildman–Crippen MR) is 67.9 cm³/mol. The minimum atomic E-state index is -0.406. The fraction of sp³-hybridized carbons (Fsp3) is 0.462. The summed E-state index contributed by atoms with van der Waals surface area (Å²) in [6.45, 7) is 2.40. The summed E-state index contributed by atoms with van der Waals surface area (Å²) in [6, 6.07) is 5.90. The van der Waals surface area contributed by atoms with Crippen molar-refractivity contribution in [3.05, 3.63) is 34.3 Å². The number of aromatic nitrogens is 1. The van der Waals surface area contributed by atoms with Crippen LogP contribution in [-0.4, -0.2) is 31.8 Å². The van der Waals surface area contributed by atoms with E-state index in [1.165, 1.54) is 5.56 Å². The van der Waals surface area contributed by atoms with Crippen molar-refractivity contribution in [1.29, 1.82) is 0 Å². The van der Waals surface area contributed by atoms with Gasteiger partial charge in [-0.05, 0) is 37.7 Å². The number of rotatable bonds is 4. The lowest BCUT2D eigenvalue weighted by molar-refractivity contribution is -0.0637. The van der Waals surface area contributed by atoms with E-state index in [4.69, 9.17) is 9.15 Å². The van der Waals surface area contributed by atoms with E-state index in [0.717, 1.165) is 31.7 Å². The fourth-order valence-corrected chi connectivity index (χ4v) is 2.44. The first-order chi connectivity index (χ1) is 8.73. The summed E-state index contributed by atoms with van der Waals surface area (Å²) >= 11 is 0. The fourth-order valence-electron chi connectivity index (χ4n) is 2.44. The molecule has 96 valence electrons. The number of benzene rings is 1. The largest absolute Gasteiger partial charge is 0.417 e. The Labute approximate surface area is 104 Å². The first kappa shape index (κ1) is 11.5. The zero-order valence-electron chi connectivity index (χ0n) is 10.3. The molecule has 3 rings (SSSR count). The smallest absolute Gasteiger partial charge is 0.408 e. The molecule has 1 fully saturated rings. The van der Waals surface area contributed by atoms with Crippen LogP contribution in [0, 0.1) is 0 Å². The quantitative estimate of drug-likeness (QED) is 0.847. The maximum absolute atomic E-state index is 11.1. The molecule has 2 heterocycles. The Morgan fingerprint density at radius 2 is 2.28 bits per heavy atom. The van der Waals surface area contributed by atoms with Crippen LogP contribution in [0.25, 0.3) is 11.1 Å². The number of ether oxygens (including phenoxy) is 1. The van der Waals surface area contributed by atoms with Crippen LogP contribution < -0.4 is 11.1 Å². The Hall–Kier alpha value is -1.59. The molecule has 0 aliphatic carbocycles. The summed E-state index contributed by atoms with van der Waals surface area (Å²) < 4.78 is 10.5. The number of nitrogens with one attached hydrogen (secondary N) is 2. The van der Waals surface area contributed by atoms with Crippen LogP contribution in [0.1, 0.15) is 12.0 Å². The summed E-state index contributed by atoms with van der Waals surface area (Å²) in [4.78, 5) is 13.8. The lowest BCUT2D eigenvalue weighted by Crippen LogP contribution is -2.48. The molecule has 18 heavy (non-hydrogen) atoms. The molecule has 2 N–H and O–H groups in total. The lowest BCUT2D eigenvalue weighted by Gasteiger charge is -2.42. The van der Waals surface area contributed by atoms with Crippen molar-refractivity contribution in [2.24, 2.45) is 0 Å². The summed E-state index contributed by atoms with van der Waals surface area (Å²) in [7, 11) is 1.95. The highest BCUT2D eigenvalue weighted by molar-refractivity contribution is 5.73. The number of hydrogen-bond acceptors (Lipinski definition) is 4. The van der Waals surface area contributed by atoms with Gasteiger partial charge < -0.3 is 14.5 Å². The van der Waals surface area contributed by atoms with Crippen LogP contribution in [0.5, 0.6) is 0 Å². The van der Waals surface area contributed by atoms with Crippen molar-refractivity contribution in [3.63, 3.8) is 0 Å². The number of aromatic amines is 1. The van der Waals surface area contributed by atoms with Gasteiger partial charge in [0.25, 0.3) is 0 Å². The Balaban J connectivity index is 1.99. The van der Waals surface area contributed by atoms with Gasteiger partial charge in [-0.25, -0.2) is 4.79 Å². The van der Waals surface area contributed by atoms with Crippen LogP contribution in [-0.2, 0) is 10.2 Å². The molecule has 1 aliphatic heterocycles. The van der Waals surface area contributed by atoms with Crippen LogP contribution >= 0.6 is 0 Å². The molecule has 0 amide bonds. The van der Waals surface area contributed by atoms with E-state index in [1.54, 1.807) is 0 Å². The number of hydrogen-bond donors (Lipinski definition) is 2. The average molecular weight is 248 g/mol. The molecule has 1 aromatic heterocycles. The van der Waals surface area contributed by atoms with Gasteiger partial charge in [0.2, 0.25) is 0 Å². The Morgan fingerprint density at radius 3 is 2.94 bits per heavy atom. The molecule has 0 bridgehead atoms. The van der Waals surface area contributed by atoms with Crippen molar-refractivity contribution in [2.75, 3.05) is 26.8 Å². The van der Waals surface area contributed by atoms with E-state index in [1.807, 2.05) is 25.2 Å². The zero-order chi connectivity index (χ0) is 12.6. The summed E-state index contributed by atoms with van der Waals surface area (Å²) in [6.07, 6.45) is 1.02. The molecule has 1 aliphatic rings. The molecule has 0 unspecified atom stereocenters. The van der Waals surface area contributed by atoms with E-state index in [-0.39, 0.29) is 5.41 Å². The van der Waals surface area contributed by atoms with Gasteiger partial charge in [-0.3, -0.25) is 4.98 Å². The number of H-pyrrole nitrogens is 1. The average Bonchev–Trinajstić information content (AvgIpc) is 2.67. The highest BCUT2D eigenvalue weighted by Crippen LogP contribution is 2.36. The topological polar surface area (TPSA) is 67.3 Å². The zero-order valence-corrected chi connectivity index (χ0v) is 10.3. The minimum absolute atomic E-state index is 0.0625. The van der Waals surface area contributed by atoms with Gasteiger partial charge in [0.15, 0.2) is 5.58 Å². The minimum Gasteiger partial charge on any atom is -0.408 e. The molecule has 0 saturated carbocycles. The second-order valence-corrected chi connectivity index (χ2v) is 4.85. The van der Waals surface area contributed by atoms with Gasteiger partial charge in [-0.2, -0.15) is 0 Å². The molecule has 1 aromatic carbocycles. The van der Waals surface area contributed by atoms with Crippen molar-refractivity contribution in [3.8, 4) is 0 Å². The third-order valence-corrected chi connectivity index (χ3v) is 3.64. The molecular weight excluding hydrogens is 232 g/mol. The van der Waals surface area contributed by atoms with Gasteiger partial charge in [-0.15, -0.1) is 0 Å². The highest BCUT2D eigenvalue weighted by Gasteiger charge is 2.39. The maximum atomic E-state index is 11.1. The van der Waals surface area contributed by atoms with Gasteiger partial charge in [0.05, 0.1) is 18.7 Å². The summed E-state index contributed by atoms with van der Waals surface area (Å²) in [5.41, 5.74) is 2.60. The second-order valence-electron chi connectivity index (χ2n) is 4.85. The predicted octanol–water partition coefficient (Wildman–Crippen LogP) is 0.999. The van der Waals surface area contributed by atoms with Crippen molar-refractivity contribution >= 4 is 11.1 Å². The van der Waals surface area contributed by atoms with E-state index in [2.05, 4.69) is 10.3 Å². The van der Waals surface area contributed by atoms with Crippen molar-refractivity contribution in [2.45, 2.75) is 11.8 Å². The second kappa shape index (κ2) is 4.26. The van der Waals surface area contributed by atoms with Gasteiger partial charge in [0.1, 0.15) is 0 Å². The normalized spacial score (nSPS) is 17.8. The Kier molecular flexibility index (Phi) is 2.72. The molecule has 0 radical (unpaired) electrons. The van der Waals surface area contributed by atoms with Crippen molar-refractivity contribution in [1.82, 2.24) is 10.3 Å². The van der Waals surface area contributed by atoms with Gasteiger partial charge in [-0.1, -0.05) is 6.07 Å². The van der Waals surface area contributed by atoms with Crippen LogP contribution in [0.2, 0.25) is 0 Å². The van der Waals surface area contributed by atoms with E-state index < -0.39 is 5.76 Å². The van der Waals surface area contributed by atoms with Crippen molar-refractivity contribution < 1.29 is 9.15 Å². The molecule has 1 saturated heterocycles. The lowest BCUT2D eigenvalue weighted by atomic mass is 9.76. The number of fused-ring (bicyclic) bond motifs is 1. The monoisotopic (exact) mass is 248 g/mol. The van der Waals surface area contributed by atoms with Crippen LogP contribution in [0.4, 0.5) is 0 Å². The van der Waals surface area contributed by atoms with E-state index >= 15 is 0 Å². The molecule has 5 heteroatoms. The van der Waals surface area contributed by atoms with Gasteiger partial charge in [0, 0.05) is 5.41 Å². The number of oxazole rings is 1. The van der Waals surface area contributed by atoms with Crippen LogP contribution in [0.3, 0.4) is 0 Å². The Morgan fingerprint density at radius 1 is 1.44 bits per heavy atom. The highest BCUT2D eigenvalue weighted by atomic mass is 16.5. The maximum Gasteiger partial charge on any atom is 0.417 e. The van der Waals surface area contributed by atoms with E-state index in [9.17, 15) is 4.79 Å². The summed E-state index contributed by atoms with van der Waals surface area (Å²) in [5.74, 6) is -0.406. The molecule has 0 atom stereocenters. The summed E-state index contributed by atoms with van der Waals surface area (Å²) in [5, 5.41) is 3.17. The first-order valence-corrected chi connectivity index (χ1v) is 6.09. The van der Waals surface area contributed by atoms with Crippen LogP contribution in [0.15, 0.2) is 27.4 Å². The standard InChI is InChI=1S/C13H16N2O3/c1-14-5-4-13(7-17-8-13)9-2-3-10-11(6-9)18-12(16)15-10/h2-3,6,14H,4-5,7-8H2,1H3,(H,15,16). The SMILES string of the molecule is CNCCC1(c2ccc3[nH]c(=O)oc3c2)COC1. The third-order valence-electron chi connectivity index (χ3n) is 3.64.